The van der Waals surface area contributed by atoms with Crippen molar-refractivity contribution >= 4 is 43.5 Å². The Balaban J connectivity index is 2.13. The Kier molecular flexibility index (Phi) is 4.71. The molecule has 19 heavy (non-hydrogen) atoms. The molecule has 0 spiro atoms. The number of halogens is 2. The smallest absolute Gasteiger partial charge is 0.295 e. The number of aromatic amines is 1. The van der Waals surface area contributed by atoms with E-state index in [2.05, 4.69) is 52.4 Å². The number of benzene rings is 1. The summed E-state index contributed by atoms with van der Waals surface area (Å²) in [5, 5.41) is 9.43. The van der Waals surface area contributed by atoms with Gasteiger partial charge in [0.25, 0.3) is 5.91 Å². The van der Waals surface area contributed by atoms with Gasteiger partial charge in [0.2, 0.25) is 5.82 Å². The minimum Gasteiger partial charge on any atom is -0.318 e. The minimum atomic E-state index is -0.336. The maximum absolute atomic E-state index is 12.0. The van der Waals surface area contributed by atoms with Crippen molar-refractivity contribution in [2.75, 3.05) is 5.32 Å². The van der Waals surface area contributed by atoms with Crippen molar-refractivity contribution < 1.29 is 4.79 Å². The predicted octanol–water partition coefficient (Wildman–Crippen LogP) is 3.53. The first-order valence-electron chi connectivity index (χ1n) is 5.78. The molecule has 2 rings (SSSR count). The Morgan fingerprint density at radius 2 is 2.21 bits per heavy atom. The number of nitrogens with zero attached hydrogens (tertiary/aromatic N) is 2. The van der Waals surface area contributed by atoms with E-state index >= 15 is 0 Å². The van der Waals surface area contributed by atoms with E-state index < -0.39 is 0 Å². The Morgan fingerprint density at radius 1 is 1.42 bits per heavy atom. The normalized spacial score (nSPS) is 10.5. The molecule has 0 aliphatic rings. The topological polar surface area (TPSA) is 70.7 Å². The number of anilines is 1. The Hall–Kier alpha value is -1.21. The lowest BCUT2D eigenvalue weighted by molar-refractivity contribution is 0.101. The molecule has 0 radical (unpaired) electrons. The monoisotopic (exact) mass is 386 g/mol. The molecule has 100 valence electrons. The summed E-state index contributed by atoms with van der Waals surface area (Å²) in [5.74, 6) is 0.536. The van der Waals surface area contributed by atoms with Gasteiger partial charge >= 0.3 is 0 Å². The van der Waals surface area contributed by atoms with Crippen LogP contribution in [0.15, 0.2) is 27.1 Å². The van der Waals surface area contributed by atoms with Crippen LogP contribution in [0.5, 0.6) is 0 Å². The maximum atomic E-state index is 12.0. The third-order valence-electron chi connectivity index (χ3n) is 2.40. The average Bonchev–Trinajstić information content (AvgIpc) is 2.83. The highest BCUT2D eigenvalue weighted by Gasteiger charge is 2.13. The van der Waals surface area contributed by atoms with E-state index in [1.54, 1.807) is 0 Å². The zero-order valence-corrected chi connectivity index (χ0v) is 13.4. The molecule has 1 amide bonds. The lowest BCUT2D eigenvalue weighted by Gasteiger charge is -2.05. The predicted molar refractivity (Wildman–Crippen MR) is 80.2 cm³/mol. The highest BCUT2D eigenvalue weighted by atomic mass is 79.9. The Morgan fingerprint density at radius 3 is 2.95 bits per heavy atom. The zero-order chi connectivity index (χ0) is 13.8. The number of amides is 1. The molecule has 0 aliphatic heterocycles. The van der Waals surface area contributed by atoms with E-state index in [4.69, 9.17) is 0 Å². The Labute approximate surface area is 127 Å². The minimum absolute atomic E-state index is 0.148. The van der Waals surface area contributed by atoms with Gasteiger partial charge in [0.15, 0.2) is 0 Å². The standard InChI is InChI=1S/C12H12Br2N4O/c1-2-3-10-16-11(18-17-10)12(19)15-9-6-7(13)4-5-8(9)14/h4-6H,2-3H2,1H3,(H,15,19)(H,16,17,18). The van der Waals surface area contributed by atoms with E-state index in [0.29, 0.717) is 5.69 Å². The summed E-state index contributed by atoms with van der Waals surface area (Å²) in [6, 6.07) is 5.54. The van der Waals surface area contributed by atoms with E-state index in [9.17, 15) is 4.79 Å². The summed E-state index contributed by atoms with van der Waals surface area (Å²) >= 11 is 6.73. The van der Waals surface area contributed by atoms with Crippen molar-refractivity contribution in [3.05, 3.63) is 38.8 Å². The second-order valence-electron chi connectivity index (χ2n) is 3.93. The van der Waals surface area contributed by atoms with Crippen molar-refractivity contribution in [2.45, 2.75) is 19.8 Å². The molecule has 7 heteroatoms. The van der Waals surface area contributed by atoms with Crippen LogP contribution in [0.4, 0.5) is 5.69 Å². The molecular formula is C12H12Br2N4O. The van der Waals surface area contributed by atoms with E-state index in [0.717, 1.165) is 27.6 Å². The first-order valence-corrected chi connectivity index (χ1v) is 7.36. The molecule has 1 aromatic carbocycles. The van der Waals surface area contributed by atoms with E-state index in [-0.39, 0.29) is 11.7 Å². The van der Waals surface area contributed by atoms with Crippen LogP contribution in [-0.2, 0) is 6.42 Å². The average molecular weight is 388 g/mol. The van der Waals surface area contributed by atoms with Crippen LogP contribution in [0.2, 0.25) is 0 Å². The highest BCUT2D eigenvalue weighted by Crippen LogP contribution is 2.26. The van der Waals surface area contributed by atoms with Crippen molar-refractivity contribution in [1.29, 1.82) is 0 Å². The number of hydrogen-bond acceptors (Lipinski definition) is 3. The number of carbonyl (C=O) groups is 1. The maximum Gasteiger partial charge on any atom is 0.295 e. The molecule has 2 N–H and O–H groups in total. The van der Waals surface area contributed by atoms with Gasteiger partial charge in [-0.3, -0.25) is 9.89 Å². The molecule has 0 saturated carbocycles. The fourth-order valence-electron chi connectivity index (χ4n) is 1.52. The summed E-state index contributed by atoms with van der Waals surface area (Å²) in [6.45, 7) is 2.04. The third-order valence-corrected chi connectivity index (χ3v) is 3.58. The molecule has 1 heterocycles. The van der Waals surface area contributed by atoms with Gasteiger partial charge in [-0.05, 0) is 40.5 Å². The SMILES string of the molecule is CCCc1nc(C(=O)Nc2cc(Br)ccc2Br)n[nH]1. The van der Waals surface area contributed by atoms with Crippen LogP contribution in [0.25, 0.3) is 0 Å². The number of carbonyl (C=O) groups excluding carboxylic acids is 1. The van der Waals surface area contributed by atoms with Gasteiger partial charge in [-0.15, -0.1) is 5.10 Å². The molecule has 0 fully saturated rings. The summed E-state index contributed by atoms with van der Waals surface area (Å²) in [6.07, 6.45) is 1.73. The van der Waals surface area contributed by atoms with Crippen LogP contribution in [0, 0.1) is 0 Å². The van der Waals surface area contributed by atoms with Gasteiger partial charge in [0, 0.05) is 15.4 Å². The van der Waals surface area contributed by atoms with Crippen LogP contribution in [0.3, 0.4) is 0 Å². The molecule has 0 bridgehead atoms. The first-order chi connectivity index (χ1) is 9.10. The van der Waals surface area contributed by atoms with Crippen LogP contribution in [-0.4, -0.2) is 21.1 Å². The number of aryl methyl sites for hydroxylation is 1. The molecule has 1 aromatic heterocycles. The lowest BCUT2D eigenvalue weighted by Crippen LogP contribution is -2.14. The van der Waals surface area contributed by atoms with Crippen LogP contribution in [0.1, 0.15) is 29.8 Å². The van der Waals surface area contributed by atoms with Crippen molar-refractivity contribution in [1.82, 2.24) is 15.2 Å². The molecule has 5 nitrogen and oxygen atoms in total. The summed E-state index contributed by atoms with van der Waals surface area (Å²) in [4.78, 5) is 16.1. The van der Waals surface area contributed by atoms with Gasteiger partial charge in [0.1, 0.15) is 5.82 Å². The quantitative estimate of drug-likeness (QED) is 0.842. The molecule has 0 atom stereocenters. The largest absolute Gasteiger partial charge is 0.318 e. The zero-order valence-electron chi connectivity index (χ0n) is 10.2. The molecule has 0 saturated heterocycles. The number of nitrogens with one attached hydrogen (secondary N) is 2. The highest BCUT2D eigenvalue weighted by molar-refractivity contribution is 9.11. The fourth-order valence-corrected chi connectivity index (χ4v) is 2.22. The van der Waals surface area contributed by atoms with Crippen molar-refractivity contribution in [3.8, 4) is 0 Å². The second kappa shape index (κ2) is 6.29. The van der Waals surface area contributed by atoms with E-state index in [1.165, 1.54) is 0 Å². The second-order valence-corrected chi connectivity index (χ2v) is 5.70. The Bertz CT molecular complexity index is 597. The number of rotatable bonds is 4. The number of hydrogen-bond donors (Lipinski definition) is 2. The number of H-pyrrole nitrogens is 1. The van der Waals surface area contributed by atoms with Gasteiger partial charge in [-0.2, -0.15) is 0 Å². The molecular weight excluding hydrogens is 376 g/mol. The van der Waals surface area contributed by atoms with E-state index in [1.807, 2.05) is 25.1 Å². The summed E-state index contributed by atoms with van der Waals surface area (Å²) in [5.41, 5.74) is 0.668. The summed E-state index contributed by atoms with van der Waals surface area (Å²) < 4.78 is 1.68. The van der Waals surface area contributed by atoms with Gasteiger partial charge < -0.3 is 5.32 Å². The summed E-state index contributed by atoms with van der Waals surface area (Å²) in [7, 11) is 0. The molecule has 0 unspecified atom stereocenters. The van der Waals surface area contributed by atoms with Crippen LogP contribution < -0.4 is 5.32 Å². The fraction of sp³-hybridized carbons (Fsp3) is 0.250. The molecule has 0 aliphatic carbocycles. The third kappa shape index (κ3) is 3.63. The van der Waals surface area contributed by atoms with Gasteiger partial charge in [-0.1, -0.05) is 22.9 Å². The lowest BCUT2D eigenvalue weighted by atomic mass is 10.3. The van der Waals surface area contributed by atoms with Crippen LogP contribution >= 0.6 is 31.9 Å². The van der Waals surface area contributed by atoms with Crippen molar-refractivity contribution in [3.63, 3.8) is 0 Å². The van der Waals surface area contributed by atoms with Crippen molar-refractivity contribution in [2.24, 2.45) is 0 Å². The number of aromatic nitrogens is 3. The molecule has 2 aromatic rings. The van der Waals surface area contributed by atoms with Gasteiger partial charge in [-0.25, -0.2) is 4.98 Å². The van der Waals surface area contributed by atoms with Gasteiger partial charge in [0.05, 0.1) is 5.69 Å². The first kappa shape index (κ1) is 14.2.